The van der Waals surface area contributed by atoms with E-state index in [2.05, 4.69) is 29.5 Å². The molecule has 4 nitrogen and oxygen atoms in total. The summed E-state index contributed by atoms with van der Waals surface area (Å²) in [5.41, 5.74) is 3.37. The number of thioether (sulfide) groups is 1. The van der Waals surface area contributed by atoms with Crippen molar-refractivity contribution in [3.63, 3.8) is 0 Å². The third-order valence-electron chi connectivity index (χ3n) is 3.97. The van der Waals surface area contributed by atoms with Crippen molar-refractivity contribution in [2.45, 2.75) is 19.0 Å². The van der Waals surface area contributed by atoms with Crippen LogP contribution in [0.15, 0.2) is 24.3 Å². The smallest absolute Gasteiger partial charge is 0.275 e. The molecule has 1 fully saturated rings. The van der Waals surface area contributed by atoms with Crippen molar-refractivity contribution in [2.75, 3.05) is 18.6 Å². The van der Waals surface area contributed by atoms with Gasteiger partial charge in [0.15, 0.2) is 0 Å². The Morgan fingerprint density at radius 3 is 3.00 bits per heavy atom. The number of fused-ring (bicyclic) bond motifs is 1. The van der Waals surface area contributed by atoms with E-state index in [1.165, 1.54) is 34.6 Å². The second kappa shape index (κ2) is 6.36. The molecule has 3 N–H and O–H groups in total. The van der Waals surface area contributed by atoms with Crippen LogP contribution >= 0.6 is 23.1 Å². The Bertz CT molecular complexity index is 649. The molecule has 112 valence electrons. The number of carbonyl (C=O) groups excluding carboxylic acids is 1. The first kappa shape index (κ1) is 14.8. The Labute approximate surface area is 132 Å². The van der Waals surface area contributed by atoms with E-state index in [4.69, 9.17) is 5.84 Å². The molecule has 0 spiro atoms. The van der Waals surface area contributed by atoms with Crippen molar-refractivity contribution < 1.29 is 4.79 Å². The number of thiophene rings is 1. The van der Waals surface area contributed by atoms with Crippen LogP contribution in [-0.4, -0.2) is 35.4 Å². The summed E-state index contributed by atoms with van der Waals surface area (Å²) in [5.74, 6) is 7.55. The van der Waals surface area contributed by atoms with Gasteiger partial charge in [-0.3, -0.25) is 15.1 Å². The van der Waals surface area contributed by atoms with Gasteiger partial charge in [0.2, 0.25) is 0 Å². The molecule has 0 radical (unpaired) electrons. The summed E-state index contributed by atoms with van der Waals surface area (Å²) in [6.07, 6.45) is 1.22. The molecule has 1 aliphatic rings. The molecular weight excluding hydrogens is 302 g/mol. The van der Waals surface area contributed by atoms with Gasteiger partial charge in [0.25, 0.3) is 5.91 Å². The van der Waals surface area contributed by atoms with Gasteiger partial charge in [-0.05, 0) is 36.2 Å². The summed E-state index contributed by atoms with van der Waals surface area (Å²) < 4.78 is 1.14. The van der Waals surface area contributed by atoms with Crippen LogP contribution in [0.1, 0.15) is 21.7 Å². The largest absolute Gasteiger partial charge is 0.298 e. The van der Waals surface area contributed by atoms with Crippen LogP contribution in [0.4, 0.5) is 0 Å². The lowest BCUT2D eigenvalue weighted by molar-refractivity contribution is 0.0956. The van der Waals surface area contributed by atoms with Crippen LogP contribution in [0.25, 0.3) is 10.1 Å². The number of hydrogen-bond donors (Lipinski definition) is 2. The van der Waals surface area contributed by atoms with Crippen LogP contribution in [-0.2, 0) is 6.54 Å². The quantitative estimate of drug-likeness (QED) is 0.516. The SMILES string of the molecule is CN(Cc1c(C(=O)NN)sc2ccccc12)C1CCSC1. The normalized spacial score (nSPS) is 18.5. The van der Waals surface area contributed by atoms with Crippen molar-refractivity contribution in [2.24, 2.45) is 5.84 Å². The monoisotopic (exact) mass is 321 g/mol. The number of carbonyl (C=O) groups is 1. The number of nitrogens with zero attached hydrogens (tertiary/aromatic N) is 1. The predicted molar refractivity (Wildman–Crippen MR) is 90.7 cm³/mol. The highest BCUT2D eigenvalue weighted by molar-refractivity contribution is 7.99. The van der Waals surface area contributed by atoms with E-state index in [1.807, 2.05) is 23.9 Å². The summed E-state index contributed by atoms with van der Waals surface area (Å²) >= 11 is 3.52. The van der Waals surface area contributed by atoms with Gasteiger partial charge in [-0.2, -0.15) is 11.8 Å². The van der Waals surface area contributed by atoms with Crippen LogP contribution in [0.2, 0.25) is 0 Å². The number of nitrogen functional groups attached to an aromatic ring is 1. The van der Waals surface area contributed by atoms with Crippen LogP contribution < -0.4 is 11.3 Å². The Hall–Kier alpha value is -1.08. The average molecular weight is 321 g/mol. The molecule has 1 atom stereocenters. The van der Waals surface area contributed by atoms with E-state index in [9.17, 15) is 4.79 Å². The minimum Gasteiger partial charge on any atom is -0.298 e. The fourth-order valence-corrected chi connectivity index (χ4v) is 5.17. The fourth-order valence-electron chi connectivity index (χ4n) is 2.75. The number of hydrogen-bond acceptors (Lipinski definition) is 5. The summed E-state index contributed by atoms with van der Waals surface area (Å²) in [7, 11) is 2.15. The number of nitrogens with one attached hydrogen (secondary N) is 1. The lowest BCUT2D eigenvalue weighted by Gasteiger charge is -2.23. The van der Waals surface area contributed by atoms with Crippen LogP contribution in [0, 0.1) is 0 Å². The first-order chi connectivity index (χ1) is 10.2. The molecule has 0 saturated carbocycles. The molecule has 1 aromatic carbocycles. The van der Waals surface area contributed by atoms with Gasteiger partial charge in [-0.1, -0.05) is 18.2 Å². The Morgan fingerprint density at radius 1 is 1.48 bits per heavy atom. The van der Waals surface area contributed by atoms with Crippen molar-refractivity contribution in [3.05, 3.63) is 34.7 Å². The molecule has 1 aromatic heterocycles. The van der Waals surface area contributed by atoms with E-state index in [0.29, 0.717) is 6.04 Å². The molecule has 2 aromatic rings. The lowest BCUT2D eigenvalue weighted by Crippen LogP contribution is -2.33. The maximum absolute atomic E-state index is 12.1. The predicted octanol–water partition coefficient (Wildman–Crippen LogP) is 2.44. The number of rotatable bonds is 4. The molecule has 3 rings (SSSR count). The number of nitrogens with two attached hydrogens (primary N) is 1. The Balaban J connectivity index is 1.96. The van der Waals surface area contributed by atoms with E-state index in [0.717, 1.165) is 21.7 Å². The summed E-state index contributed by atoms with van der Waals surface area (Å²) in [5, 5.41) is 1.17. The van der Waals surface area contributed by atoms with E-state index in [1.54, 1.807) is 0 Å². The molecule has 0 bridgehead atoms. The first-order valence-corrected chi connectivity index (χ1v) is 8.97. The van der Waals surface area contributed by atoms with Gasteiger partial charge in [-0.25, -0.2) is 5.84 Å². The average Bonchev–Trinajstić information content (AvgIpc) is 3.15. The second-order valence-corrected chi connectivity index (χ2v) is 7.51. The highest BCUT2D eigenvalue weighted by atomic mass is 32.2. The lowest BCUT2D eigenvalue weighted by atomic mass is 10.1. The zero-order chi connectivity index (χ0) is 14.8. The van der Waals surface area contributed by atoms with Gasteiger partial charge in [0, 0.05) is 23.0 Å². The Kier molecular flexibility index (Phi) is 4.49. The molecule has 1 amide bonds. The summed E-state index contributed by atoms with van der Waals surface area (Å²) in [4.78, 5) is 15.2. The maximum atomic E-state index is 12.1. The molecule has 1 aliphatic heterocycles. The zero-order valence-electron chi connectivity index (χ0n) is 12.0. The highest BCUT2D eigenvalue weighted by Gasteiger charge is 2.24. The zero-order valence-corrected chi connectivity index (χ0v) is 13.6. The standard InChI is InChI=1S/C15H19N3OS2/c1-18(10-6-7-20-9-10)8-12-11-4-2-3-5-13(11)21-14(12)15(19)17-16/h2-5,10H,6-9,16H2,1H3,(H,17,19). The summed E-state index contributed by atoms with van der Waals surface area (Å²) in [6, 6.07) is 8.77. The number of hydrazine groups is 1. The molecular formula is C15H19N3OS2. The van der Waals surface area contributed by atoms with Crippen molar-refractivity contribution in [1.29, 1.82) is 0 Å². The Morgan fingerprint density at radius 2 is 2.29 bits per heavy atom. The molecule has 1 unspecified atom stereocenters. The fraction of sp³-hybridized carbons (Fsp3) is 0.400. The van der Waals surface area contributed by atoms with Crippen LogP contribution in [0.5, 0.6) is 0 Å². The van der Waals surface area contributed by atoms with Gasteiger partial charge >= 0.3 is 0 Å². The van der Waals surface area contributed by atoms with E-state index in [-0.39, 0.29) is 5.91 Å². The third-order valence-corrected chi connectivity index (χ3v) is 6.33. The topological polar surface area (TPSA) is 58.4 Å². The second-order valence-electron chi connectivity index (χ2n) is 5.31. The number of amides is 1. The van der Waals surface area contributed by atoms with E-state index >= 15 is 0 Å². The van der Waals surface area contributed by atoms with E-state index < -0.39 is 0 Å². The molecule has 2 heterocycles. The molecule has 21 heavy (non-hydrogen) atoms. The minimum absolute atomic E-state index is 0.194. The van der Waals surface area contributed by atoms with Crippen molar-refractivity contribution >= 4 is 39.1 Å². The van der Waals surface area contributed by atoms with Gasteiger partial charge in [0.05, 0.1) is 4.88 Å². The summed E-state index contributed by atoms with van der Waals surface area (Å²) in [6.45, 7) is 0.790. The van der Waals surface area contributed by atoms with Gasteiger partial charge in [0.1, 0.15) is 0 Å². The van der Waals surface area contributed by atoms with Gasteiger partial charge < -0.3 is 0 Å². The molecule has 1 saturated heterocycles. The molecule has 0 aliphatic carbocycles. The van der Waals surface area contributed by atoms with Crippen molar-refractivity contribution in [1.82, 2.24) is 10.3 Å². The third kappa shape index (κ3) is 2.94. The van der Waals surface area contributed by atoms with Crippen LogP contribution in [0.3, 0.4) is 0 Å². The number of benzene rings is 1. The maximum Gasteiger partial charge on any atom is 0.275 e. The minimum atomic E-state index is -0.194. The molecule has 6 heteroatoms. The highest BCUT2D eigenvalue weighted by Crippen LogP contribution is 2.33. The first-order valence-electron chi connectivity index (χ1n) is 7.00. The van der Waals surface area contributed by atoms with Gasteiger partial charge in [-0.15, -0.1) is 11.3 Å². The van der Waals surface area contributed by atoms with Crippen molar-refractivity contribution in [3.8, 4) is 0 Å².